The molecule has 0 atom stereocenters. The molecule has 2 rings (SSSR count). The van der Waals surface area contributed by atoms with E-state index in [1.54, 1.807) is 42.5 Å². The van der Waals surface area contributed by atoms with Crippen LogP contribution in [0.4, 0.5) is 5.69 Å². The predicted molar refractivity (Wildman–Crippen MR) is 78.3 cm³/mol. The molecule has 1 N–H and O–H groups in total. The molecule has 5 heteroatoms. The molecule has 0 fully saturated rings. The molecule has 2 aromatic rings. The maximum Gasteiger partial charge on any atom is 0.255 e. The quantitative estimate of drug-likeness (QED) is 0.893. The molecule has 2 aromatic carbocycles. The summed E-state index contributed by atoms with van der Waals surface area (Å²) in [6, 6.07) is 13.6. The molecule has 0 aromatic heterocycles. The molecule has 0 aliphatic heterocycles. The van der Waals surface area contributed by atoms with E-state index in [2.05, 4.69) is 21.2 Å². The third kappa shape index (κ3) is 3.34. The number of nitrogens with zero attached hydrogens (tertiary/aromatic N) is 1. The van der Waals surface area contributed by atoms with Gasteiger partial charge < -0.3 is 5.32 Å². The molecule has 0 aliphatic carbocycles. The van der Waals surface area contributed by atoms with Crippen molar-refractivity contribution in [3.8, 4) is 6.07 Å². The highest BCUT2D eigenvalue weighted by Gasteiger charge is 2.08. The second kappa shape index (κ2) is 5.87. The van der Waals surface area contributed by atoms with Gasteiger partial charge in [-0.15, -0.1) is 0 Å². The average molecular weight is 336 g/mol. The number of rotatable bonds is 2. The van der Waals surface area contributed by atoms with Crippen LogP contribution in [0.25, 0.3) is 0 Å². The van der Waals surface area contributed by atoms with Gasteiger partial charge in [-0.2, -0.15) is 5.26 Å². The Hall–Kier alpha value is -1.83. The number of nitriles is 1. The van der Waals surface area contributed by atoms with E-state index < -0.39 is 0 Å². The number of anilines is 1. The maximum atomic E-state index is 12.0. The number of carbonyl (C=O) groups is 1. The standard InChI is InChI=1S/C14H8BrClN2O/c15-11-5-6-12(16)13(7-11)18-14(19)10-3-1-9(8-17)2-4-10/h1-7H,(H,18,19). The fraction of sp³-hybridized carbons (Fsp3) is 0. The molecule has 0 saturated carbocycles. The molecule has 0 radical (unpaired) electrons. The fourth-order valence-electron chi connectivity index (χ4n) is 1.48. The van der Waals surface area contributed by atoms with Crippen LogP contribution in [-0.4, -0.2) is 5.91 Å². The number of nitrogens with one attached hydrogen (secondary N) is 1. The Bertz CT molecular complexity index is 662. The number of carbonyl (C=O) groups excluding carboxylic acids is 1. The number of hydrogen-bond acceptors (Lipinski definition) is 2. The number of halogens is 2. The fourth-order valence-corrected chi connectivity index (χ4v) is 2.01. The Morgan fingerprint density at radius 1 is 1.21 bits per heavy atom. The number of benzene rings is 2. The summed E-state index contributed by atoms with van der Waals surface area (Å²) in [6.45, 7) is 0. The van der Waals surface area contributed by atoms with Crippen LogP contribution in [0.1, 0.15) is 15.9 Å². The summed E-state index contributed by atoms with van der Waals surface area (Å²) in [6.07, 6.45) is 0. The van der Waals surface area contributed by atoms with Gasteiger partial charge in [0.25, 0.3) is 5.91 Å². The van der Waals surface area contributed by atoms with Crippen molar-refractivity contribution < 1.29 is 4.79 Å². The van der Waals surface area contributed by atoms with Crippen LogP contribution in [0.5, 0.6) is 0 Å². The van der Waals surface area contributed by atoms with Gasteiger partial charge in [-0.3, -0.25) is 4.79 Å². The molecule has 0 bridgehead atoms. The van der Waals surface area contributed by atoms with Gasteiger partial charge >= 0.3 is 0 Å². The van der Waals surface area contributed by atoms with Crippen molar-refractivity contribution in [3.05, 3.63) is 63.1 Å². The summed E-state index contributed by atoms with van der Waals surface area (Å²) in [5.74, 6) is -0.274. The van der Waals surface area contributed by atoms with Crippen molar-refractivity contribution in [2.24, 2.45) is 0 Å². The highest BCUT2D eigenvalue weighted by Crippen LogP contribution is 2.26. The summed E-state index contributed by atoms with van der Waals surface area (Å²) in [7, 11) is 0. The number of hydrogen-bond donors (Lipinski definition) is 1. The molecule has 0 heterocycles. The van der Waals surface area contributed by atoms with E-state index >= 15 is 0 Å². The Morgan fingerprint density at radius 3 is 2.53 bits per heavy atom. The van der Waals surface area contributed by atoms with E-state index in [-0.39, 0.29) is 5.91 Å². The Kier molecular flexibility index (Phi) is 4.20. The zero-order valence-electron chi connectivity index (χ0n) is 9.65. The Labute approximate surface area is 123 Å². The first-order valence-corrected chi connectivity index (χ1v) is 6.54. The molecule has 0 unspecified atom stereocenters. The van der Waals surface area contributed by atoms with Crippen molar-refractivity contribution in [2.45, 2.75) is 0 Å². The van der Waals surface area contributed by atoms with Crippen LogP contribution in [0.2, 0.25) is 5.02 Å². The maximum absolute atomic E-state index is 12.0. The van der Waals surface area contributed by atoms with Gasteiger partial charge in [0.05, 0.1) is 22.3 Å². The summed E-state index contributed by atoms with van der Waals surface area (Å²) in [5.41, 5.74) is 1.51. The van der Waals surface area contributed by atoms with Crippen LogP contribution in [0, 0.1) is 11.3 Å². The van der Waals surface area contributed by atoms with Crippen LogP contribution < -0.4 is 5.32 Å². The smallest absolute Gasteiger partial charge is 0.255 e. The van der Waals surface area contributed by atoms with Gasteiger partial charge in [-0.25, -0.2) is 0 Å². The van der Waals surface area contributed by atoms with E-state index in [1.165, 1.54) is 0 Å². The molecule has 94 valence electrons. The summed E-state index contributed by atoms with van der Waals surface area (Å²) >= 11 is 9.31. The third-order valence-corrected chi connectivity index (χ3v) is 3.28. The lowest BCUT2D eigenvalue weighted by molar-refractivity contribution is 0.102. The number of amides is 1. The minimum atomic E-state index is -0.274. The second-order valence-corrected chi connectivity index (χ2v) is 5.09. The lowest BCUT2D eigenvalue weighted by Crippen LogP contribution is -2.12. The van der Waals surface area contributed by atoms with Gasteiger partial charge in [0.2, 0.25) is 0 Å². The van der Waals surface area contributed by atoms with E-state index in [4.69, 9.17) is 16.9 Å². The van der Waals surface area contributed by atoms with Crippen molar-refractivity contribution >= 4 is 39.1 Å². The first-order valence-electron chi connectivity index (χ1n) is 5.37. The van der Waals surface area contributed by atoms with E-state index in [9.17, 15) is 4.79 Å². The van der Waals surface area contributed by atoms with E-state index in [0.29, 0.717) is 21.8 Å². The van der Waals surface area contributed by atoms with Crippen molar-refractivity contribution in [2.75, 3.05) is 5.32 Å². The Morgan fingerprint density at radius 2 is 1.89 bits per heavy atom. The lowest BCUT2D eigenvalue weighted by Gasteiger charge is -2.07. The van der Waals surface area contributed by atoms with Crippen molar-refractivity contribution in [3.63, 3.8) is 0 Å². The van der Waals surface area contributed by atoms with Gasteiger partial charge in [0.15, 0.2) is 0 Å². The first-order chi connectivity index (χ1) is 9.10. The van der Waals surface area contributed by atoms with Crippen LogP contribution in [0.15, 0.2) is 46.9 Å². The van der Waals surface area contributed by atoms with E-state index in [1.807, 2.05) is 6.07 Å². The van der Waals surface area contributed by atoms with Gasteiger partial charge in [-0.05, 0) is 42.5 Å². The Balaban J connectivity index is 2.21. The first kappa shape index (κ1) is 13.6. The third-order valence-electron chi connectivity index (χ3n) is 2.45. The largest absolute Gasteiger partial charge is 0.321 e. The minimum Gasteiger partial charge on any atom is -0.321 e. The minimum absolute atomic E-state index is 0.274. The predicted octanol–water partition coefficient (Wildman–Crippen LogP) is 4.23. The van der Waals surface area contributed by atoms with Crippen LogP contribution >= 0.6 is 27.5 Å². The normalized spacial score (nSPS) is 9.74. The molecule has 0 spiro atoms. The van der Waals surface area contributed by atoms with Gasteiger partial charge in [-0.1, -0.05) is 27.5 Å². The van der Waals surface area contributed by atoms with Gasteiger partial charge in [0.1, 0.15) is 0 Å². The van der Waals surface area contributed by atoms with Gasteiger partial charge in [0, 0.05) is 10.0 Å². The second-order valence-electron chi connectivity index (χ2n) is 3.77. The average Bonchev–Trinajstić information content (AvgIpc) is 2.43. The van der Waals surface area contributed by atoms with Crippen LogP contribution in [-0.2, 0) is 0 Å². The molecular weight excluding hydrogens is 328 g/mol. The highest BCUT2D eigenvalue weighted by molar-refractivity contribution is 9.10. The highest BCUT2D eigenvalue weighted by atomic mass is 79.9. The molecular formula is C14H8BrClN2O. The molecule has 19 heavy (non-hydrogen) atoms. The zero-order valence-corrected chi connectivity index (χ0v) is 12.0. The summed E-state index contributed by atoms with van der Waals surface area (Å²) in [4.78, 5) is 12.0. The summed E-state index contributed by atoms with van der Waals surface area (Å²) < 4.78 is 0.826. The molecule has 0 saturated heterocycles. The molecule has 1 amide bonds. The monoisotopic (exact) mass is 334 g/mol. The van der Waals surface area contributed by atoms with E-state index in [0.717, 1.165) is 4.47 Å². The SMILES string of the molecule is N#Cc1ccc(C(=O)Nc2cc(Br)ccc2Cl)cc1. The molecule has 0 aliphatic rings. The summed E-state index contributed by atoms with van der Waals surface area (Å²) in [5, 5.41) is 11.9. The van der Waals surface area contributed by atoms with Crippen LogP contribution in [0.3, 0.4) is 0 Å². The topological polar surface area (TPSA) is 52.9 Å². The lowest BCUT2D eigenvalue weighted by atomic mass is 10.1. The molecule has 3 nitrogen and oxygen atoms in total. The van der Waals surface area contributed by atoms with Crippen molar-refractivity contribution in [1.29, 1.82) is 5.26 Å². The van der Waals surface area contributed by atoms with Crippen molar-refractivity contribution in [1.82, 2.24) is 0 Å². The zero-order chi connectivity index (χ0) is 13.8.